The summed E-state index contributed by atoms with van der Waals surface area (Å²) in [6.45, 7) is 4.07. The number of aryl methyl sites for hydroxylation is 2. The van der Waals surface area contributed by atoms with E-state index in [1.165, 1.54) is 0 Å². The Kier molecular flexibility index (Phi) is 4.01. The predicted molar refractivity (Wildman–Crippen MR) is 103 cm³/mol. The fourth-order valence-corrected chi connectivity index (χ4v) is 3.01. The molecule has 128 valence electrons. The fourth-order valence-electron chi connectivity index (χ4n) is 3.01. The number of fused-ring (bicyclic) bond motifs is 1. The zero-order chi connectivity index (χ0) is 18.1. The summed E-state index contributed by atoms with van der Waals surface area (Å²) >= 11 is 0. The molecule has 0 saturated heterocycles. The maximum Gasteiger partial charge on any atom is 0.230 e. The van der Waals surface area contributed by atoms with Crippen molar-refractivity contribution < 1.29 is 9.84 Å². The molecule has 4 aromatic rings. The van der Waals surface area contributed by atoms with Crippen molar-refractivity contribution in [3.63, 3.8) is 0 Å². The van der Waals surface area contributed by atoms with E-state index in [-0.39, 0.29) is 5.75 Å². The molecule has 4 nitrogen and oxygen atoms in total. The molecule has 1 heterocycles. The molecule has 0 fully saturated rings. The normalized spacial score (nSPS) is 10.8. The minimum absolute atomic E-state index is 0.139. The molecule has 0 bridgehead atoms. The number of aromatic hydroxyl groups is 1. The van der Waals surface area contributed by atoms with Crippen molar-refractivity contribution in [2.45, 2.75) is 13.8 Å². The van der Waals surface area contributed by atoms with Gasteiger partial charge in [-0.1, -0.05) is 30.3 Å². The van der Waals surface area contributed by atoms with Gasteiger partial charge in [-0.25, -0.2) is 4.98 Å². The summed E-state index contributed by atoms with van der Waals surface area (Å²) in [6, 6.07) is 20.8. The summed E-state index contributed by atoms with van der Waals surface area (Å²) in [6.07, 6.45) is 0. The summed E-state index contributed by atoms with van der Waals surface area (Å²) < 4.78 is 6.12. The molecular weight excluding hydrogens is 324 g/mol. The third-order valence-corrected chi connectivity index (χ3v) is 4.12. The molecule has 4 heteroatoms. The van der Waals surface area contributed by atoms with E-state index in [9.17, 15) is 5.11 Å². The lowest BCUT2D eigenvalue weighted by molar-refractivity contribution is 0.466. The number of phenols is 1. The summed E-state index contributed by atoms with van der Waals surface area (Å²) in [4.78, 5) is 9.19. The van der Waals surface area contributed by atoms with Crippen LogP contribution in [0.5, 0.6) is 17.4 Å². The van der Waals surface area contributed by atoms with Crippen LogP contribution in [-0.4, -0.2) is 15.1 Å². The van der Waals surface area contributed by atoms with E-state index >= 15 is 0 Å². The predicted octanol–water partition coefficient (Wildman–Crippen LogP) is 5.41. The highest BCUT2D eigenvalue weighted by Gasteiger charge is 2.13. The van der Waals surface area contributed by atoms with Gasteiger partial charge in [0.2, 0.25) is 5.88 Å². The first-order valence-electron chi connectivity index (χ1n) is 8.41. The van der Waals surface area contributed by atoms with Crippen molar-refractivity contribution in [2.24, 2.45) is 0 Å². The molecule has 4 rings (SSSR count). The number of para-hydroxylation sites is 2. The van der Waals surface area contributed by atoms with Gasteiger partial charge in [0.25, 0.3) is 0 Å². The van der Waals surface area contributed by atoms with Crippen LogP contribution < -0.4 is 4.74 Å². The van der Waals surface area contributed by atoms with Gasteiger partial charge in [0.1, 0.15) is 11.5 Å². The van der Waals surface area contributed by atoms with Crippen LogP contribution in [0.15, 0.2) is 66.7 Å². The van der Waals surface area contributed by atoms with Crippen LogP contribution in [-0.2, 0) is 0 Å². The molecule has 0 aliphatic carbocycles. The zero-order valence-electron chi connectivity index (χ0n) is 14.6. The molecule has 0 aliphatic heterocycles. The monoisotopic (exact) mass is 342 g/mol. The SMILES string of the molecule is Cc1cc(C)cc(Oc2nc(-c3ccccc3O)nc3ccccc23)c1. The lowest BCUT2D eigenvalue weighted by Crippen LogP contribution is -1.96. The van der Waals surface area contributed by atoms with Crippen LogP contribution in [0.3, 0.4) is 0 Å². The number of phenolic OH excluding ortho intramolecular Hbond substituents is 1. The van der Waals surface area contributed by atoms with Crippen molar-refractivity contribution in [3.05, 3.63) is 77.9 Å². The van der Waals surface area contributed by atoms with Gasteiger partial charge in [-0.2, -0.15) is 4.98 Å². The molecule has 0 amide bonds. The first-order chi connectivity index (χ1) is 12.6. The number of aromatic nitrogens is 2. The summed E-state index contributed by atoms with van der Waals surface area (Å²) in [7, 11) is 0. The minimum Gasteiger partial charge on any atom is -0.507 e. The molecule has 3 aromatic carbocycles. The number of hydrogen-bond acceptors (Lipinski definition) is 4. The van der Waals surface area contributed by atoms with Crippen LogP contribution in [0, 0.1) is 13.8 Å². The number of ether oxygens (including phenoxy) is 1. The second kappa shape index (κ2) is 6.48. The Bertz CT molecular complexity index is 1090. The quantitative estimate of drug-likeness (QED) is 0.541. The van der Waals surface area contributed by atoms with Crippen LogP contribution >= 0.6 is 0 Å². The molecular formula is C22H18N2O2. The summed E-state index contributed by atoms with van der Waals surface area (Å²) in [5.74, 6) is 1.77. The van der Waals surface area contributed by atoms with Gasteiger partial charge >= 0.3 is 0 Å². The van der Waals surface area contributed by atoms with Crippen LogP contribution in [0.2, 0.25) is 0 Å². The van der Waals surface area contributed by atoms with Gasteiger partial charge in [0.15, 0.2) is 5.82 Å². The smallest absolute Gasteiger partial charge is 0.230 e. The van der Waals surface area contributed by atoms with E-state index < -0.39 is 0 Å². The average molecular weight is 342 g/mol. The Morgan fingerprint density at radius 1 is 0.808 bits per heavy atom. The molecule has 1 aromatic heterocycles. The van der Waals surface area contributed by atoms with Gasteiger partial charge in [-0.3, -0.25) is 0 Å². The molecule has 0 saturated carbocycles. The van der Waals surface area contributed by atoms with Crippen molar-refractivity contribution >= 4 is 10.9 Å². The highest BCUT2D eigenvalue weighted by atomic mass is 16.5. The molecule has 26 heavy (non-hydrogen) atoms. The third-order valence-electron chi connectivity index (χ3n) is 4.12. The van der Waals surface area contributed by atoms with Crippen molar-refractivity contribution in [1.29, 1.82) is 0 Å². The van der Waals surface area contributed by atoms with Crippen LogP contribution in [0.25, 0.3) is 22.3 Å². The van der Waals surface area contributed by atoms with Crippen molar-refractivity contribution in [3.8, 4) is 28.8 Å². The number of hydrogen-bond donors (Lipinski definition) is 1. The summed E-state index contributed by atoms with van der Waals surface area (Å²) in [5.41, 5.74) is 3.59. The summed E-state index contributed by atoms with van der Waals surface area (Å²) in [5, 5.41) is 11.0. The second-order valence-electron chi connectivity index (χ2n) is 6.31. The second-order valence-corrected chi connectivity index (χ2v) is 6.31. The number of benzene rings is 3. The average Bonchev–Trinajstić information content (AvgIpc) is 2.61. The maximum absolute atomic E-state index is 10.2. The molecule has 0 unspecified atom stereocenters. The topological polar surface area (TPSA) is 55.2 Å². The van der Waals surface area contributed by atoms with Gasteiger partial charge in [-0.15, -0.1) is 0 Å². The molecule has 0 spiro atoms. The largest absolute Gasteiger partial charge is 0.507 e. The Morgan fingerprint density at radius 2 is 1.50 bits per heavy atom. The first-order valence-corrected chi connectivity index (χ1v) is 8.41. The standard InChI is InChI=1S/C22H18N2O2/c1-14-11-15(2)13-16(12-14)26-22-17-7-3-5-9-19(17)23-21(24-22)18-8-4-6-10-20(18)25/h3-13,25H,1-2H3. The van der Waals surface area contributed by atoms with E-state index in [2.05, 4.69) is 16.0 Å². The lowest BCUT2D eigenvalue weighted by atomic mass is 10.1. The number of nitrogens with zero attached hydrogens (tertiary/aromatic N) is 2. The van der Waals surface area contributed by atoms with Gasteiger partial charge < -0.3 is 9.84 Å². The Balaban J connectivity index is 1.89. The van der Waals surface area contributed by atoms with E-state index in [0.29, 0.717) is 17.3 Å². The van der Waals surface area contributed by atoms with Crippen LogP contribution in [0.1, 0.15) is 11.1 Å². The first kappa shape index (κ1) is 16.1. The van der Waals surface area contributed by atoms with Gasteiger partial charge in [-0.05, 0) is 61.4 Å². The lowest BCUT2D eigenvalue weighted by Gasteiger charge is -2.11. The Hall–Kier alpha value is -3.40. The third kappa shape index (κ3) is 3.09. The Morgan fingerprint density at radius 3 is 2.27 bits per heavy atom. The van der Waals surface area contributed by atoms with E-state index in [0.717, 1.165) is 27.8 Å². The zero-order valence-corrected chi connectivity index (χ0v) is 14.6. The number of rotatable bonds is 3. The van der Waals surface area contributed by atoms with Crippen LogP contribution in [0.4, 0.5) is 0 Å². The van der Waals surface area contributed by atoms with E-state index in [4.69, 9.17) is 4.74 Å². The molecule has 0 aliphatic rings. The minimum atomic E-state index is 0.139. The van der Waals surface area contributed by atoms with Crippen molar-refractivity contribution in [2.75, 3.05) is 0 Å². The van der Waals surface area contributed by atoms with Crippen molar-refractivity contribution in [1.82, 2.24) is 9.97 Å². The molecule has 0 atom stereocenters. The highest BCUT2D eigenvalue weighted by molar-refractivity contribution is 5.86. The Labute approximate surface area is 151 Å². The molecule has 1 N–H and O–H groups in total. The fraction of sp³-hybridized carbons (Fsp3) is 0.0909. The van der Waals surface area contributed by atoms with Gasteiger partial charge in [0, 0.05) is 0 Å². The molecule has 0 radical (unpaired) electrons. The highest BCUT2D eigenvalue weighted by Crippen LogP contribution is 2.33. The maximum atomic E-state index is 10.2. The van der Waals surface area contributed by atoms with E-state index in [1.54, 1.807) is 18.2 Å². The van der Waals surface area contributed by atoms with Gasteiger partial charge in [0.05, 0.1) is 16.5 Å². The van der Waals surface area contributed by atoms with E-state index in [1.807, 2.05) is 56.3 Å².